The van der Waals surface area contributed by atoms with E-state index in [-0.39, 0.29) is 12.4 Å². The highest BCUT2D eigenvalue weighted by Gasteiger charge is 2.30. The number of hydrogen-bond acceptors (Lipinski definition) is 2. The summed E-state index contributed by atoms with van der Waals surface area (Å²) in [5.41, 5.74) is 1.13. The molecule has 0 amide bonds. The van der Waals surface area contributed by atoms with Crippen molar-refractivity contribution in [3.8, 4) is 0 Å². The van der Waals surface area contributed by atoms with E-state index in [0.717, 1.165) is 31.6 Å². The fraction of sp³-hybridized carbons (Fsp3) is 0.600. The molecule has 0 aliphatic carbocycles. The van der Waals surface area contributed by atoms with Crippen molar-refractivity contribution in [3.05, 3.63) is 34.9 Å². The van der Waals surface area contributed by atoms with Gasteiger partial charge in [0.05, 0.1) is 5.56 Å². The largest absolute Gasteiger partial charge is 0.416 e. The van der Waals surface area contributed by atoms with Gasteiger partial charge in [-0.1, -0.05) is 6.07 Å². The molecule has 0 spiro atoms. The molecule has 0 saturated carbocycles. The molecule has 21 heavy (non-hydrogen) atoms. The first-order chi connectivity index (χ1) is 9.40. The van der Waals surface area contributed by atoms with Crippen molar-refractivity contribution in [2.75, 3.05) is 20.1 Å². The van der Waals surface area contributed by atoms with Crippen LogP contribution < -0.4 is 5.32 Å². The minimum absolute atomic E-state index is 0. The van der Waals surface area contributed by atoms with E-state index in [1.807, 2.05) is 7.05 Å². The molecule has 1 saturated heterocycles. The van der Waals surface area contributed by atoms with Gasteiger partial charge in [-0.15, -0.1) is 12.4 Å². The van der Waals surface area contributed by atoms with E-state index >= 15 is 0 Å². The van der Waals surface area contributed by atoms with Gasteiger partial charge in [-0.3, -0.25) is 4.90 Å². The highest BCUT2D eigenvalue weighted by Crippen LogP contribution is 2.30. The van der Waals surface area contributed by atoms with Crippen molar-refractivity contribution in [3.63, 3.8) is 0 Å². The molecule has 0 aromatic heterocycles. The smallest absolute Gasteiger partial charge is 0.316 e. The summed E-state index contributed by atoms with van der Waals surface area (Å²) in [4.78, 5) is 2.31. The standard InChI is InChI=1S/C15H21F3N2.ClH/c1-11-8-13(15(16,17)18)6-5-12(11)9-20-7-3-4-14(10-20)19-2;/h5-6,8,14,19H,3-4,7,9-10H2,1-2H3;1H. The second kappa shape index (κ2) is 7.47. The molecule has 1 unspecified atom stereocenters. The van der Waals surface area contributed by atoms with E-state index in [9.17, 15) is 13.2 Å². The van der Waals surface area contributed by atoms with Crippen LogP contribution in [0.5, 0.6) is 0 Å². The number of likely N-dealkylation sites (N-methyl/N-ethyl adjacent to an activating group) is 1. The monoisotopic (exact) mass is 322 g/mol. The highest BCUT2D eigenvalue weighted by atomic mass is 35.5. The maximum Gasteiger partial charge on any atom is 0.416 e. The van der Waals surface area contributed by atoms with E-state index in [1.165, 1.54) is 18.6 Å². The van der Waals surface area contributed by atoms with Crippen LogP contribution in [0.3, 0.4) is 0 Å². The number of aryl methyl sites for hydroxylation is 1. The number of benzene rings is 1. The molecule has 0 bridgehead atoms. The molecule has 120 valence electrons. The molecule has 1 N–H and O–H groups in total. The maximum atomic E-state index is 12.6. The Bertz CT molecular complexity index is 463. The summed E-state index contributed by atoms with van der Waals surface area (Å²) in [6, 6.07) is 4.52. The number of rotatable bonds is 3. The van der Waals surface area contributed by atoms with Crippen LogP contribution in [-0.4, -0.2) is 31.1 Å². The van der Waals surface area contributed by atoms with Crippen molar-refractivity contribution in [1.29, 1.82) is 0 Å². The third-order valence-electron chi connectivity index (χ3n) is 3.98. The summed E-state index contributed by atoms with van der Waals surface area (Å²) in [5.74, 6) is 0. The normalized spacial score (nSPS) is 20.1. The average molecular weight is 323 g/mol. The molecule has 1 aliphatic heterocycles. The summed E-state index contributed by atoms with van der Waals surface area (Å²) in [5, 5.41) is 3.27. The Morgan fingerprint density at radius 2 is 2.05 bits per heavy atom. The number of alkyl halides is 3. The molecule has 6 heteroatoms. The lowest BCUT2D eigenvalue weighted by Gasteiger charge is -2.32. The van der Waals surface area contributed by atoms with Gasteiger partial charge in [-0.2, -0.15) is 13.2 Å². The predicted molar refractivity (Wildman–Crippen MR) is 80.8 cm³/mol. The molecule has 1 atom stereocenters. The number of piperidine rings is 1. The third kappa shape index (κ3) is 4.87. The number of halogens is 4. The van der Waals surface area contributed by atoms with Crippen molar-refractivity contribution >= 4 is 12.4 Å². The molecule has 2 nitrogen and oxygen atoms in total. The molecule has 1 heterocycles. The summed E-state index contributed by atoms with van der Waals surface area (Å²) in [6.45, 7) is 4.45. The lowest BCUT2D eigenvalue weighted by molar-refractivity contribution is -0.137. The zero-order valence-corrected chi connectivity index (χ0v) is 13.2. The Kier molecular flexibility index (Phi) is 6.50. The summed E-state index contributed by atoms with van der Waals surface area (Å²) < 4.78 is 37.9. The zero-order valence-electron chi connectivity index (χ0n) is 12.3. The minimum atomic E-state index is -4.26. The van der Waals surface area contributed by atoms with Crippen molar-refractivity contribution < 1.29 is 13.2 Å². The Balaban J connectivity index is 0.00000220. The van der Waals surface area contributed by atoms with Crippen molar-refractivity contribution in [2.45, 2.75) is 38.5 Å². The van der Waals surface area contributed by atoms with Gasteiger partial charge in [-0.05, 0) is 56.6 Å². The van der Waals surface area contributed by atoms with Gasteiger partial charge in [0.15, 0.2) is 0 Å². The second-order valence-electron chi connectivity index (χ2n) is 5.50. The minimum Gasteiger partial charge on any atom is -0.316 e. The Labute approximate surface area is 130 Å². The third-order valence-corrected chi connectivity index (χ3v) is 3.98. The first-order valence-corrected chi connectivity index (χ1v) is 6.96. The molecular weight excluding hydrogens is 301 g/mol. The quantitative estimate of drug-likeness (QED) is 0.914. The first-order valence-electron chi connectivity index (χ1n) is 6.96. The topological polar surface area (TPSA) is 15.3 Å². The van der Waals surface area contributed by atoms with Gasteiger partial charge in [0.1, 0.15) is 0 Å². The van der Waals surface area contributed by atoms with E-state index in [0.29, 0.717) is 11.6 Å². The van der Waals surface area contributed by atoms with E-state index in [1.54, 1.807) is 13.0 Å². The van der Waals surface area contributed by atoms with E-state index < -0.39 is 11.7 Å². The fourth-order valence-electron chi connectivity index (χ4n) is 2.73. The molecule has 1 fully saturated rings. The molecule has 1 aliphatic rings. The number of nitrogens with one attached hydrogen (secondary N) is 1. The Hall–Kier alpha value is -0.780. The molecule has 1 aromatic rings. The van der Waals surface area contributed by atoms with Gasteiger partial charge >= 0.3 is 6.18 Å². The lowest BCUT2D eigenvalue weighted by atomic mass is 10.0. The van der Waals surface area contributed by atoms with Crippen LogP contribution in [0.1, 0.15) is 29.5 Å². The number of hydrogen-bond donors (Lipinski definition) is 1. The fourth-order valence-corrected chi connectivity index (χ4v) is 2.73. The SMILES string of the molecule is CNC1CCCN(Cc2ccc(C(F)(F)F)cc2C)C1.Cl. The van der Waals surface area contributed by atoms with Crippen LogP contribution in [0.4, 0.5) is 13.2 Å². The number of likely N-dealkylation sites (tertiary alicyclic amines) is 1. The van der Waals surface area contributed by atoms with Gasteiger partial charge < -0.3 is 5.32 Å². The highest BCUT2D eigenvalue weighted by molar-refractivity contribution is 5.85. The molecule has 2 rings (SSSR count). The Morgan fingerprint density at radius 3 is 2.62 bits per heavy atom. The van der Waals surface area contributed by atoms with E-state index in [4.69, 9.17) is 0 Å². The van der Waals surface area contributed by atoms with Crippen LogP contribution in [0.15, 0.2) is 18.2 Å². The Morgan fingerprint density at radius 1 is 1.33 bits per heavy atom. The van der Waals surface area contributed by atoms with Gasteiger partial charge in [0.2, 0.25) is 0 Å². The summed E-state index contributed by atoms with van der Waals surface area (Å²) in [6.07, 6.45) is -1.96. The average Bonchev–Trinajstić information content (AvgIpc) is 2.40. The van der Waals surface area contributed by atoms with Gasteiger partial charge in [-0.25, -0.2) is 0 Å². The lowest BCUT2D eigenvalue weighted by Crippen LogP contribution is -2.43. The molecular formula is C15H22ClF3N2. The van der Waals surface area contributed by atoms with Crippen molar-refractivity contribution in [2.24, 2.45) is 0 Å². The van der Waals surface area contributed by atoms with Crippen LogP contribution in [-0.2, 0) is 12.7 Å². The van der Waals surface area contributed by atoms with Crippen LogP contribution in [0.2, 0.25) is 0 Å². The maximum absolute atomic E-state index is 12.6. The molecule has 1 aromatic carbocycles. The van der Waals surface area contributed by atoms with Gasteiger partial charge in [0, 0.05) is 19.1 Å². The van der Waals surface area contributed by atoms with E-state index in [2.05, 4.69) is 10.2 Å². The van der Waals surface area contributed by atoms with Crippen LogP contribution in [0.25, 0.3) is 0 Å². The number of nitrogens with zero attached hydrogens (tertiary/aromatic N) is 1. The van der Waals surface area contributed by atoms with Crippen LogP contribution in [0, 0.1) is 6.92 Å². The first kappa shape index (κ1) is 18.3. The second-order valence-corrected chi connectivity index (χ2v) is 5.50. The van der Waals surface area contributed by atoms with Gasteiger partial charge in [0.25, 0.3) is 0 Å². The zero-order chi connectivity index (χ0) is 14.8. The summed E-state index contributed by atoms with van der Waals surface area (Å²) >= 11 is 0. The summed E-state index contributed by atoms with van der Waals surface area (Å²) in [7, 11) is 1.96. The van der Waals surface area contributed by atoms with Crippen molar-refractivity contribution in [1.82, 2.24) is 10.2 Å². The van der Waals surface area contributed by atoms with Crippen LogP contribution >= 0.6 is 12.4 Å². The molecule has 0 radical (unpaired) electrons. The predicted octanol–water partition coefficient (Wildman–Crippen LogP) is 3.62.